The number of pyridine rings is 1. The minimum absolute atomic E-state index is 0.173. The molecule has 0 bridgehead atoms. The van der Waals surface area contributed by atoms with E-state index in [2.05, 4.69) is 5.32 Å². The van der Waals surface area contributed by atoms with Crippen molar-refractivity contribution >= 4 is 11.9 Å². The predicted molar refractivity (Wildman–Crippen MR) is 62.3 cm³/mol. The van der Waals surface area contributed by atoms with Gasteiger partial charge in [0.25, 0.3) is 5.56 Å². The average Bonchev–Trinajstić information content (AvgIpc) is 2.23. The molecule has 0 unspecified atom stereocenters. The third-order valence-corrected chi connectivity index (χ3v) is 2.37. The lowest BCUT2D eigenvalue weighted by atomic mass is 10.3. The summed E-state index contributed by atoms with van der Waals surface area (Å²) in [4.78, 5) is 33.6. The number of aryl methyl sites for hydroxylation is 1. The lowest BCUT2D eigenvalue weighted by Crippen LogP contribution is -2.41. The highest BCUT2D eigenvalue weighted by Gasteiger charge is 2.15. The molecule has 1 amide bonds. The lowest BCUT2D eigenvalue weighted by molar-refractivity contribution is -0.141. The molecule has 1 aromatic heterocycles. The quantitative estimate of drug-likeness (QED) is 0.668. The number of nitrogens with one attached hydrogen (secondary N) is 1. The Bertz CT molecular complexity index is 535. The van der Waals surface area contributed by atoms with E-state index in [9.17, 15) is 19.5 Å². The molecule has 0 aliphatic carbocycles. The topological polar surface area (TPSA) is 109 Å². The molecule has 0 saturated carbocycles. The Morgan fingerprint density at radius 1 is 1.44 bits per heavy atom. The molecule has 7 heteroatoms. The molecule has 1 rings (SSSR count). The molecule has 0 aliphatic rings. The molecule has 3 N–H and O–H groups in total. The molecule has 1 heterocycles. The molecule has 1 aromatic rings. The fraction of sp³-hybridized carbons (Fsp3) is 0.364. The second-order valence-corrected chi connectivity index (χ2v) is 3.91. The Balaban J connectivity index is 2.83. The van der Waals surface area contributed by atoms with Crippen LogP contribution in [-0.4, -0.2) is 32.7 Å². The van der Waals surface area contributed by atoms with Gasteiger partial charge in [-0.2, -0.15) is 0 Å². The summed E-state index contributed by atoms with van der Waals surface area (Å²) in [6, 6.07) is 1.31. The number of nitrogens with zero attached hydrogens (tertiary/aromatic N) is 1. The largest absolute Gasteiger partial charge is 0.508 e. The molecule has 0 aliphatic heterocycles. The number of carboxylic acid groups (broad SMARTS) is 1. The van der Waals surface area contributed by atoms with Gasteiger partial charge in [0.15, 0.2) is 0 Å². The van der Waals surface area contributed by atoms with Crippen LogP contribution in [0.2, 0.25) is 0 Å². The van der Waals surface area contributed by atoms with Crippen LogP contribution in [0.15, 0.2) is 16.9 Å². The van der Waals surface area contributed by atoms with E-state index in [0.717, 1.165) is 10.6 Å². The van der Waals surface area contributed by atoms with Crippen LogP contribution in [0.5, 0.6) is 5.75 Å². The van der Waals surface area contributed by atoms with E-state index in [0.29, 0.717) is 5.69 Å². The number of aromatic nitrogens is 1. The van der Waals surface area contributed by atoms with Crippen molar-refractivity contribution in [2.45, 2.75) is 26.4 Å². The number of carbonyl (C=O) groups excluding carboxylic acids is 1. The number of hydrogen-bond acceptors (Lipinski definition) is 4. The summed E-state index contributed by atoms with van der Waals surface area (Å²) in [5, 5.41) is 20.0. The number of carbonyl (C=O) groups is 2. The van der Waals surface area contributed by atoms with Crippen LogP contribution in [0.3, 0.4) is 0 Å². The minimum Gasteiger partial charge on any atom is -0.508 e. The maximum atomic E-state index is 11.5. The first kappa shape index (κ1) is 13.8. The zero-order chi connectivity index (χ0) is 13.9. The summed E-state index contributed by atoms with van der Waals surface area (Å²) in [6.07, 6.45) is 0. The molecule has 0 saturated heterocycles. The Morgan fingerprint density at radius 3 is 2.56 bits per heavy atom. The van der Waals surface area contributed by atoms with Gasteiger partial charge < -0.3 is 20.1 Å². The zero-order valence-corrected chi connectivity index (χ0v) is 10.0. The van der Waals surface area contributed by atoms with Crippen LogP contribution in [-0.2, 0) is 16.1 Å². The molecule has 18 heavy (non-hydrogen) atoms. The van der Waals surface area contributed by atoms with Crippen molar-refractivity contribution in [2.24, 2.45) is 0 Å². The van der Waals surface area contributed by atoms with E-state index in [1.807, 2.05) is 0 Å². The highest BCUT2D eigenvalue weighted by atomic mass is 16.4. The van der Waals surface area contributed by atoms with Gasteiger partial charge in [0, 0.05) is 11.8 Å². The highest BCUT2D eigenvalue weighted by molar-refractivity contribution is 5.83. The molecule has 0 radical (unpaired) electrons. The second-order valence-electron chi connectivity index (χ2n) is 3.91. The third-order valence-electron chi connectivity index (χ3n) is 2.37. The van der Waals surface area contributed by atoms with Crippen molar-refractivity contribution in [3.8, 4) is 5.75 Å². The third kappa shape index (κ3) is 3.34. The predicted octanol–water partition coefficient (Wildman–Crippen LogP) is -0.548. The van der Waals surface area contributed by atoms with Crippen LogP contribution >= 0.6 is 0 Å². The van der Waals surface area contributed by atoms with Gasteiger partial charge >= 0.3 is 5.97 Å². The fourth-order valence-electron chi connectivity index (χ4n) is 1.41. The number of aromatic hydroxyl groups is 1. The minimum atomic E-state index is -1.15. The van der Waals surface area contributed by atoms with Gasteiger partial charge in [-0.1, -0.05) is 0 Å². The molecule has 0 fully saturated rings. The maximum absolute atomic E-state index is 11.5. The number of amides is 1. The van der Waals surface area contributed by atoms with Crippen LogP contribution in [0.25, 0.3) is 0 Å². The zero-order valence-electron chi connectivity index (χ0n) is 10.0. The van der Waals surface area contributed by atoms with Crippen LogP contribution in [0.1, 0.15) is 12.6 Å². The van der Waals surface area contributed by atoms with Gasteiger partial charge in [0.2, 0.25) is 5.91 Å². The molecular weight excluding hydrogens is 240 g/mol. The maximum Gasteiger partial charge on any atom is 0.325 e. The second kappa shape index (κ2) is 5.35. The molecule has 0 spiro atoms. The van der Waals surface area contributed by atoms with Crippen molar-refractivity contribution in [3.05, 3.63) is 28.2 Å². The number of rotatable bonds is 4. The molecule has 98 valence electrons. The molecule has 1 atom stereocenters. The Morgan fingerprint density at radius 2 is 2.06 bits per heavy atom. The number of aliphatic carboxylic acids is 1. The summed E-state index contributed by atoms with van der Waals surface area (Å²) in [5.74, 6) is -1.91. The first-order valence-corrected chi connectivity index (χ1v) is 5.24. The van der Waals surface area contributed by atoms with Crippen molar-refractivity contribution in [1.29, 1.82) is 0 Å². The van der Waals surface area contributed by atoms with Gasteiger partial charge in [-0.15, -0.1) is 0 Å². The van der Waals surface area contributed by atoms with E-state index in [1.54, 1.807) is 6.92 Å². The lowest BCUT2D eigenvalue weighted by Gasteiger charge is -2.12. The molecular formula is C11H14N2O5. The Hall–Kier alpha value is -2.31. The van der Waals surface area contributed by atoms with Crippen molar-refractivity contribution in [1.82, 2.24) is 9.88 Å². The smallest absolute Gasteiger partial charge is 0.325 e. The van der Waals surface area contributed by atoms with Gasteiger partial charge in [0.05, 0.1) is 0 Å². The van der Waals surface area contributed by atoms with E-state index in [4.69, 9.17) is 5.11 Å². The average molecular weight is 254 g/mol. The summed E-state index contributed by atoms with van der Waals surface area (Å²) in [7, 11) is 0. The molecule has 0 aromatic carbocycles. The number of hydrogen-bond donors (Lipinski definition) is 3. The fourth-order valence-corrected chi connectivity index (χ4v) is 1.41. The van der Waals surface area contributed by atoms with Crippen LogP contribution < -0.4 is 10.9 Å². The van der Waals surface area contributed by atoms with Crippen LogP contribution in [0, 0.1) is 6.92 Å². The van der Waals surface area contributed by atoms with Crippen molar-refractivity contribution in [2.75, 3.05) is 0 Å². The molecule has 7 nitrogen and oxygen atoms in total. The van der Waals surface area contributed by atoms with Gasteiger partial charge in [-0.3, -0.25) is 14.4 Å². The van der Waals surface area contributed by atoms with Gasteiger partial charge in [0.1, 0.15) is 18.3 Å². The SMILES string of the molecule is Cc1cc(O)cc(=O)n1CC(=O)N[C@@H](C)C(=O)O. The van der Waals surface area contributed by atoms with Gasteiger partial charge in [-0.25, -0.2) is 0 Å². The number of carboxylic acids is 1. The summed E-state index contributed by atoms with van der Waals surface area (Å²) in [6.45, 7) is 2.60. The van der Waals surface area contributed by atoms with Crippen molar-refractivity contribution < 1.29 is 19.8 Å². The highest BCUT2D eigenvalue weighted by Crippen LogP contribution is 2.06. The Labute approximate surface area is 103 Å². The summed E-state index contributed by atoms with van der Waals surface area (Å²) >= 11 is 0. The van der Waals surface area contributed by atoms with Crippen LogP contribution in [0.4, 0.5) is 0 Å². The standard InChI is InChI=1S/C11H14N2O5/c1-6-3-8(14)4-10(16)13(6)5-9(15)12-7(2)11(17)18/h3-4,7,14H,5H2,1-2H3,(H,12,15)(H,17,18)/t7-/m0/s1. The van der Waals surface area contributed by atoms with E-state index < -0.39 is 23.5 Å². The summed E-state index contributed by atoms with van der Waals surface area (Å²) in [5.41, 5.74) is -0.108. The normalized spacial score (nSPS) is 11.9. The first-order valence-electron chi connectivity index (χ1n) is 5.24. The Kier molecular flexibility index (Phi) is 4.09. The van der Waals surface area contributed by atoms with Crippen molar-refractivity contribution in [3.63, 3.8) is 0 Å². The first-order chi connectivity index (χ1) is 8.31. The van der Waals surface area contributed by atoms with Gasteiger partial charge in [-0.05, 0) is 19.9 Å². The summed E-state index contributed by atoms with van der Waals surface area (Å²) < 4.78 is 1.14. The van der Waals surface area contributed by atoms with E-state index >= 15 is 0 Å². The van der Waals surface area contributed by atoms with E-state index in [1.165, 1.54) is 13.0 Å². The van der Waals surface area contributed by atoms with E-state index in [-0.39, 0.29) is 12.3 Å². The monoisotopic (exact) mass is 254 g/mol.